The third-order valence-electron chi connectivity index (χ3n) is 4.23. The van der Waals surface area contributed by atoms with Gasteiger partial charge in [0.1, 0.15) is 17.1 Å². The summed E-state index contributed by atoms with van der Waals surface area (Å²) in [6, 6.07) is 10.1. The van der Waals surface area contributed by atoms with Crippen LogP contribution in [0.3, 0.4) is 0 Å². The molecule has 2 aromatic carbocycles. The first-order valence-corrected chi connectivity index (χ1v) is 8.87. The summed E-state index contributed by atoms with van der Waals surface area (Å²) >= 11 is 10.9. The van der Waals surface area contributed by atoms with Gasteiger partial charge in [0.25, 0.3) is 5.91 Å². The molecule has 3 rings (SSSR count). The van der Waals surface area contributed by atoms with Crippen LogP contribution < -0.4 is 20.8 Å². The van der Waals surface area contributed by atoms with E-state index in [2.05, 4.69) is 16.1 Å². The molecule has 1 aliphatic heterocycles. The smallest absolute Gasteiger partial charge is 0.344 e. The van der Waals surface area contributed by atoms with Crippen LogP contribution in [0, 0.1) is 5.82 Å². The van der Waals surface area contributed by atoms with Gasteiger partial charge in [0.05, 0.1) is 12.1 Å². The van der Waals surface area contributed by atoms with Crippen molar-refractivity contribution >= 4 is 46.6 Å². The lowest BCUT2D eigenvalue weighted by molar-refractivity contribution is -0.132. The van der Waals surface area contributed by atoms with Crippen molar-refractivity contribution in [2.45, 2.75) is 12.5 Å². The highest BCUT2D eigenvalue weighted by Gasteiger charge is 2.50. The van der Waals surface area contributed by atoms with Crippen molar-refractivity contribution in [3.8, 4) is 5.75 Å². The van der Waals surface area contributed by atoms with Crippen LogP contribution in [0.4, 0.5) is 14.9 Å². The Morgan fingerprint density at radius 1 is 1.29 bits per heavy atom. The number of amides is 3. The molecule has 28 heavy (non-hydrogen) atoms. The standard InChI is InChI=1S/C18H16ClFN4O3S/c1-18(10-4-3-5-12(8-10)27-2)15(25)24(17(26)22-18)23-16(28)21-11-6-7-14(20)13(19)9-11/h3-9H,1-2H3,(H,22,26)(H2,21,23,28). The second-order valence-electron chi connectivity index (χ2n) is 6.12. The lowest BCUT2D eigenvalue weighted by atomic mass is 9.92. The van der Waals surface area contributed by atoms with Crippen LogP contribution >= 0.6 is 23.8 Å². The molecule has 1 fully saturated rings. The van der Waals surface area contributed by atoms with E-state index in [9.17, 15) is 14.0 Å². The molecule has 1 heterocycles. The third-order valence-corrected chi connectivity index (χ3v) is 4.71. The normalized spacial score (nSPS) is 18.6. The highest BCUT2D eigenvalue weighted by molar-refractivity contribution is 7.80. The average molecular weight is 423 g/mol. The number of thiocarbonyl (C=S) groups is 1. The monoisotopic (exact) mass is 422 g/mol. The number of hydrogen-bond acceptors (Lipinski definition) is 4. The molecule has 1 aliphatic rings. The van der Waals surface area contributed by atoms with Gasteiger partial charge in [0, 0.05) is 5.69 Å². The topological polar surface area (TPSA) is 82.7 Å². The number of imide groups is 1. The summed E-state index contributed by atoms with van der Waals surface area (Å²) in [6.45, 7) is 1.58. The van der Waals surface area contributed by atoms with Crippen molar-refractivity contribution in [3.05, 3.63) is 58.9 Å². The number of carbonyl (C=O) groups is 2. The Morgan fingerprint density at radius 2 is 2.04 bits per heavy atom. The van der Waals surface area contributed by atoms with Crippen LogP contribution in [-0.2, 0) is 10.3 Å². The molecule has 0 radical (unpaired) electrons. The maximum Gasteiger partial charge on any atom is 0.344 e. The van der Waals surface area contributed by atoms with E-state index < -0.39 is 23.3 Å². The summed E-state index contributed by atoms with van der Waals surface area (Å²) in [7, 11) is 1.51. The van der Waals surface area contributed by atoms with Gasteiger partial charge in [-0.1, -0.05) is 23.7 Å². The van der Waals surface area contributed by atoms with Gasteiger partial charge in [-0.15, -0.1) is 0 Å². The van der Waals surface area contributed by atoms with Crippen molar-refractivity contribution in [2.24, 2.45) is 0 Å². The van der Waals surface area contributed by atoms with Crippen molar-refractivity contribution in [2.75, 3.05) is 12.4 Å². The molecule has 0 spiro atoms. The molecular weight excluding hydrogens is 407 g/mol. The van der Waals surface area contributed by atoms with Crippen molar-refractivity contribution < 1.29 is 18.7 Å². The minimum atomic E-state index is -1.30. The maximum absolute atomic E-state index is 13.2. The van der Waals surface area contributed by atoms with E-state index in [0.717, 1.165) is 5.01 Å². The molecule has 0 aromatic heterocycles. The second kappa shape index (κ2) is 7.61. The lowest BCUT2D eigenvalue weighted by Gasteiger charge is -2.23. The Bertz CT molecular complexity index is 974. The van der Waals surface area contributed by atoms with Gasteiger partial charge in [-0.25, -0.2) is 9.18 Å². The Morgan fingerprint density at radius 3 is 2.71 bits per heavy atom. The number of halogens is 2. The summed E-state index contributed by atoms with van der Waals surface area (Å²) in [5, 5.41) is 6.03. The second-order valence-corrected chi connectivity index (χ2v) is 6.94. The van der Waals surface area contributed by atoms with E-state index >= 15 is 0 Å². The number of anilines is 1. The fourth-order valence-electron chi connectivity index (χ4n) is 2.70. The van der Waals surface area contributed by atoms with E-state index in [0.29, 0.717) is 17.0 Å². The molecule has 2 aromatic rings. The summed E-state index contributed by atoms with van der Waals surface area (Å²) in [5.74, 6) is -0.571. The molecule has 0 aliphatic carbocycles. The number of hydrazine groups is 1. The van der Waals surface area contributed by atoms with Gasteiger partial charge in [0.2, 0.25) is 0 Å². The number of carbonyl (C=O) groups excluding carboxylic acids is 2. The Balaban J connectivity index is 1.75. The molecule has 0 saturated carbocycles. The summed E-state index contributed by atoms with van der Waals surface area (Å²) in [4.78, 5) is 25.3. The SMILES string of the molecule is COc1cccc(C2(C)NC(=O)N(NC(=S)Nc3ccc(F)c(Cl)c3)C2=O)c1. The number of ether oxygens (including phenoxy) is 1. The van der Waals surface area contributed by atoms with Gasteiger partial charge in [-0.3, -0.25) is 10.2 Å². The first kappa shape index (κ1) is 19.8. The highest BCUT2D eigenvalue weighted by atomic mass is 35.5. The van der Waals surface area contributed by atoms with Crippen LogP contribution in [0.2, 0.25) is 5.02 Å². The fourth-order valence-corrected chi connectivity index (χ4v) is 3.09. The van der Waals surface area contributed by atoms with Crippen LogP contribution in [-0.4, -0.2) is 29.2 Å². The van der Waals surface area contributed by atoms with Crippen LogP contribution in [0.5, 0.6) is 5.75 Å². The molecule has 10 heteroatoms. The Hall–Kier alpha value is -2.91. The zero-order valence-electron chi connectivity index (χ0n) is 14.9. The predicted octanol–water partition coefficient (Wildman–Crippen LogP) is 3.16. The summed E-state index contributed by atoms with van der Waals surface area (Å²) in [5.41, 5.74) is 2.19. The number of hydrogen-bond donors (Lipinski definition) is 3. The van der Waals surface area contributed by atoms with Gasteiger partial charge in [0.15, 0.2) is 5.11 Å². The van der Waals surface area contributed by atoms with Crippen LogP contribution in [0.1, 0.15) is 12.5 Å². The van der Waals surface area contributed by atoms with E-state index in [4.69, 9.17) is 28.6 Å². The van der Waals surface area contributed by atoms with Crippen molar-refractivity contribution in [1.29, 1.82) is 0 Å². The lowest BCUT2D eigenvalue weighted by Crippen LogP contribution is -2.49. The van der Waals surface area contributed by atoms with E-state index in [-0.39, 0.29) is 10.1 Å². The third kappa shape index (κ3) is 3.71. The highest BCUT2D eigenvalue weighted by Crippen LogP contribution is 2.30. The predicted molar refractivity (Wildman–Crippen MR) is 106 cm³/mol. The molecular formula is C18H16ClFN4O3S. The molecule has 1 saturated heterocycles. The van der Waals surface area contributed by atoms with Crippen LogP contribution in [0.25, 0.3) is 0 Å². The quantitative estimate of drug-likeness (QED) is 0.518. The van der Waals surface area contributed by atoms with Gasteiger partial charge in [-0.05, 0) is 55.0 Å². The van der Waals surface area contributed by atoms with Crippen molar-refractivity contribution in [1.82, 2.24) is 15.8 Å². The molecule has 7 nitrogen and oxygen atoms in total. The van der Waals surface area contributed by atoms with Gasteiger partial charge < -0.3 is 15.4 Å². The molecule has 3 amide bonds. The van der Waals surface area contributed by atoms with E-state index in [1.54, 1.807) is 31.2 Å². The minimum Gasteiger partial charge on any atom is -0.497 e. The molecule has 1 unspecified atom stereocenters. The largest absolute Gasteiger partial charge is 0.497 e. The van der Waals surface area contributed by atoms with E-state index in [1.165, 1.54) is 25.3 Å². The number of benzene rings is 2. The van der Waals surface area contributed by atoms with Gasteiger partial charge in [-0.2, -0.15) is 5.01 Å². The number of rotatable bonds is 4. The number of nitrogens with one attached hydrogen (secondary N) is 3. The van der Waals surface area contributed by atoms with Crippen LogP contribution in [0.15, 0.2) is 42.5 Å². The first-order chi connectivity index (χ1) is 13.2. The Kier molecular flexibility index (Phi) is 5.39. The fraction of sp³-hybridized carbons (Fsp3) is 0.167. The molecule has 0 bridgehead atoms. The van der Waals surface area contributed by atoms with Gasteiger partial charge >= 0.3 is 6.03 Å². The molecule has 1 atom stereocenters. The molecule has 146 valence electrons. The first-order valence-electron chi connectivity index (χ1n) is 8.08. The summed E-state index contributed by atoms with van der Waals surface area (Å²) < 4.78 is 18.4. The Labute approximate surface area is 170 Å². The molecule has 3 N–H and O–H groups in total. The average Bonchev–Trinajstić information content (AvgIpc) is 2.89. The zero-order valence-corrected chi connectivity index (χ0v) is 16.5. The van der Waals surface area contributed by atoms with E-state index in [1.807, 2.05) is 0 Å². The minimum absolute atomic E-state index is 0.0407. The summed E-state index contributed by atoms with van der Waals surface area (Å²) in [6.07, 6.45) is 0. The number of urea groups is 1. The number of methoxy groups -OCH3 is 1. The zero-order chi connectivity index (χ0) is 20.5. The van der Waals surface area contributed by atoms with Crippen molar-refractivity contribution in [3.63, 3.8) is 0 Å². The maximum atomic E-state index is 13.2. The number of nitrogens with zero attached hydrogens (tertiary/aromatic N) is 1.